The molecule has 0 aliphatic carbocycles. The molecule has 1 unspecified atom stereocenters. The summed E-state index contributed by atoms with van der Waals surface area (Å²) in [5.41, 5.74) is 5.02. The zero-order valence-corrected chi connectivity index (χ0v) is 7.52. The number of Topliss-reactive ketones (excluding diaryl/α,β-unsaturated/α-hetero) is 1. The van der Waals surface area contributed by atoms with Crippen LogP contribution in [0.1, 0.15) is 26.7 Å². The molecular weight excluding hydrogens is 142 g/mol. The van der Waals surface area contributed by atoms with E-state index >= 15 is 0 Å². The Morgan fingerprint density at radius 3 is 2.55 bits per heavy atom. The molecule has 66 valence electrons. The first-order valence-corrected chi connectivity index (χ1v) is 3.85. The van der Waals surface area contributed by atoms with Gasteiger partial charge < -0.3 is 10.5 Å². The topological polar surface area (TPSA) is 52.3 Å². The molecule has 0 bridgehead atoms. The second-order valence-electron chi connectivity index (χ2n) is 3.02. The lowest BCUT2D eigenvalue weighted by Crippen LogP contribution is -2.46. The Kier molecular flexibility index (Phi) is 4.30. The highest BCUT2D eigenvalue weighted by atomic mass is 16.5. The van der Waals surface area contributed by atoms with Crippen molar-refractivity contribution in [2.24, 2.45) is 5.73 Å². The maximum absolute atomic E-state index is 11.2. The SMILES string of the molecule is CCCC(C)(N)C(=O)COC. The average Bonchev–Trinajstić information content (AvgIpc) is 1.88. The summed E-state index contributed by atoms with van der Waals surface area (Å²) >= 11 is 0. The van der Waals surface area contributed by atoms with E-state index in [1.165, 1.54) is 7.11 Å². The number of hydrogen-bond donors (Lipinski definition) is 1. The van der Waals surface area contributed by atoms with Crippen molar-refractivity contribution in [2.75, 3.05) is 13.7 Å². The molecular formula is C8H17NO2. The fourth-order valence-electron chi connectivity index (χ4n) is 0.955. The molecule has 3 nitrogen and oxygen atoms in total. The largest absolute Gasteiger partial charge is 0.377 e. The minimum absolute atomic E-state index is 0.0261. The van der Waals surface area contributed by atoms with E-state index in [2.05, 4.69) is 0 Å². The van der Waals surface area contributed by atoms with Gasteiger partial charge in [-0.25, -0.2) is 0 Å². The number of ketones is 1. The summed E-state index contributed by atoms with van der Waals surface area (Å²) in [7, 11) is 1.50. The molecule has 0 aliphatic heterocycles. The van der Waals surface area contributed by atoms with Gasteiger partial charge in [-0.3, -0.25) is 4.79 Å². The fourth-order valence-corrected chi connectivity index (χ4v) is 0.955. The minimum Gasteiger partial charge on any atom is -0.377 e. The van der Waals surface area contributed by atoms with Crippen LogP contribution < -0.4 is 5.73 Å². The van der Waals surface area contributed by atoms with E-state index in [0.717, 1.165) is 12.8 Å². The van der Waals surface area contributed by atoms with Gasteiger partial charge in [-0.1, -0.05) is 13.3 Å². The Morgan fingerprint density at radius 1 is 1.64 bits per heavy atom. The van der Waals surface area contributed by atoms with Crippen LogP contribution in [0.5, 0.6) is 0 Å². The lowest BCUT2D eigenvalue weighted by atomic mass is 9.93. The van der Waals surface area contributed by atoms with Gasteiger partial charge in [0.05, 0.1) is 5.54 Å². The molecule has 3 heteroatoms. The summed E-state index contributed by atoms with van der Waals surface area (Å²) in [6.07, 6.45) is 1.64. The number of methoxy groups -OCH3 is 1. The number of nitrogens with two attached hydrogens (primary N) is 1. The second-order valence-corrected chi connectivity index (χ2v) is 3.02. The highest BCUT2D eigenvalue weighted by Gasteiger charge is 2.26. The van der Waals surface area contributed by atoms with Crippen molar-refractivity contribution >= 4 is 5.78 Å². The van der Waals surface area contributed by atoms with Crippen LogP contribution in [0, 0.1) is 0 Å². The molecule has 0 rings (SSSR count). The van der Waals surface area contributed by atoms with Gasteiger partial charge in [0.25, 0.3) is 0 Å². The molecule has 0 aliphatic rings. The van der Waals surface area contributed by atoms with Crippen molar-refractivity contribution in [1.29, 1.82) is 0 Å². The average molecular weight is 159 g/mol. The van der Waals surface area contributed by atoms with E-state index in [-0.39, 0.29) is 12.4 Å². The third kappa shape index (κ3) is 3.49. The minimum atomic E-state index is -0.704. The zero-order chi connectivity index (χ0) is 8.91. The number of hydrogen-bond acceptors (Lipinski definition) is 3. The smallest absolute Gasteiger partial charge is 0.177 e. The molecule has 0 aromatic carbocycles. The molecule has 0 saturated carbocycles. The number of carbonyl (C=O) groups excluding carboxylic acids is 1. The molecule has 0 spiro atoms. The monoisotopic (exact) mass is 159 g/mol. The molecule has 0 saturated heterocycles. The Hall–Kier alpha value is -0.410. The van der Waals surface area contributed by atoms with E-state index in [0.29, 0.717) is 0 Å². The standard InChI is InChI=1S/C8H17NO2/c1-4-5-8(2,9)7(10)6-11-3/h4-6,9H2,1-3H3. The molecule has 0 heterocycles. The van der Waals surface area contributed by atoms with Crippen molar-refractivity contribution in [1.82, 2.24) is 0 Å². The summed E-state index contributed by atoms with van der Waals surface area (Å²) in [6.45, 7) is 3.87. The predicted molar refractivity (Wildman–Crippen MR) is 44.4 cm³/mol. The Balaban J connectivity index is 3.94. The molecule has 0 fully saturated rings. The van der Waals surface area contributed by atoms with Crippen LogP contribution >= 0.6 is 0 Å². The molecule has 11 heavy (non-hydrogen) atoms. The molecule has 1 atom stereocenters. The maximum atomic E-state index is 11.2. The van der Waals surface area contributed by atoms with Crippen molar-refractivity contribution < 1.29 is 9.53 Å². The summed E-state index contributed by atoms with van der Waals surface area (Å²) in [4.78, 5) is 11.2. The molecule has 0 aromatic heterocycles. The van der Waals surface area contributed by atoms with Crippen LogP contribution in [0.4, 0.5) is 0 Å². The van der Waals surface area contributed by atoms with Gasteiger partial charge in [0, 0.05) is 7.11 Å². The lowest BCUT2D eigenvalue weighted by Gasteiger charge is -2.21. The highest BCUT2D eigenvalue weighted by Crippen LogP contribution is 2.09. The quantitative estimate of drug-likeness (QED) is 0.643. The van der Waals surface area contributed by atoms with E-state index in [4.69, 9.17) is 10.5 Å². The van der Waals surface area contributed by atoms with E-state index in [1.54, 1.807) is 6.92 Å². The first-order valence-electron chi connectivity index (χ1n) is 3.85. The predicted octanol–water partition coefficient (Wildman–Crippen LogP) is 0.719. The van der Waals surface area contributed by atoms with Crippen LogP contribution in [0.3, 0.4) is 0 Å². The normalized spacial score (nSPS) is 16.0. The van der Waals surface area contributed by atoms with Gasteiger partial charge >= 0.3 is 0 Å². The molecule has 0 radical (unpaired) electrons. The highest BCUT2D eigenvalue weighted by molar-refractivity contribution is 5.88. The second kappa shape index (κ2) is 4.46. The third-order valence-electron chi connectivity index (χ3n) is 1.68. The van der Waals surface area contributed by atoms with Crippen molar-refractivity contribution in [3.05, 3.63) is 0 Å². The van der Waals surface area contributed by atoms with Crippen LogP contribution in [0.15, 0.2) is 0 Å². The van der Waals surface area contributed by atoms with E-state index in [1.807, 2.05) is 6.92 Å². The van der Waals surface area contributed by atoms with Crippen LogP contribution in [-0.4, -0.2) is 25.0 Å². The van der Waals surface area contributed by atoms with E-state index in [9.17, 15) is 4.79 Å². The summed E-state index contributed by atoms with van der Waals surface area (Å²) in [6, 6.07) is 0. The fraction of sp³-hybridized carbons (Fsp3) is 0.875. The Labute approximate surface area is 67.9 Å². The number of carbonyl (C=O) groups is 1. The van der Waals surface area contributed by atoms with Crippen LogP contribution in [0.2, 0.25) is 0 Å². The lowest BCUT2D eigenvalue weighted by molar-refractivity contribution is -0.127. The first-order chi connectivity index (χ1) is 5.04. The third-order valence-corrected chi connectivity index (χ3v) is 1.68. The summed E-state index contributed by atoms with van der Waals surface area (Å²) in [5, 5.41) is 0. The van der Waals surface area contributed by atoms with Crippen molar-refractivity contribution in [3.8, 4) is 0 Å². The van der Waals surface area contributed by atoms with Gasteiger partial charge in [-0.05, 0) is 13.3 Å². The maximum Gasteiger partial charge on any atom is 0.177 e. The van der Waals surface area contributed by atoms with Gasteiger partial charge in [-0.2, -0.15) is 0 Å². The Morgan fingerprint density at radius 2 is 2.18 bits per heavy atom. The Bertz CT molecular complexity index is 132. The first kappa shape index (κ1) is 10.6. The zero-order valence-electron chi connectivity index (χ0n) is 7.52. The molecule has 0 amide bonds. The number of ether oxygens (including phenoxy) is 1. The van der Waals surface area contributed by atoms with Gasteiger partial charge in [-0.15, -0.1) is 0 Å². The molecule has 0 aromatic rings. The summed E-state index contributed by atoms with van der Waals surface area (Å²) in [5.74, 6) is -0.0261. The van der Waals surface area contributed by atoms with Crippen LogP contribution in [-0.2, 0) is 9.53 Å². The van der Waals surface area contributed by atoms with Gasteiger partial charge in [0.1, 0.15) is 6.61 Å². The van der Waals surface area contributed by atoms with Crippen molar-refractivity contribution in [3.63, 3.8) is 0 Å². The van der Waals surface area contributed by atoms with Crippen molar-refractivity contribution in [2.45, 2.75) is 32.2 Å². The number of rotatable bonds is 5. The van der Waals surface area contributed by atoms with Gasteiger partial charge in [0.15, 0.2) is 5.78 Å². The summed E-state index contributed by atoms with van der Waals surface area (Å²) < 4.78 is 4.71. The molecule has 2 N–H and O–H groups in total. The van der Waals surface area contributed by atoms with E-state index < -0.39 is 5.54 Å². The van der Waals surface area contributed by atoms with Crippen LogP contribution in [0.25, 0.3) is 0 Å². The van der Waals surface area contributed by atoms with Gasteiger partial charge in [0.2, 0.25) is 0 Å².